The molecule has 2 heterocycles. The molecular weight excluding hydrogens is 172 g/mol. The second-order valence-corrected chi connectivity index (χ2v) is 4.90. The van der Waals surface area contributed by atoms with E-state index in [1.165, 1.54) is 26.2 Å². The van der Waals surface area contributed by atoms with Gasteiger partial charge in [0.1, 0.15) is 0 Å². The summed E-state index contributed by atoms with van der Waals surface area (Å²) in [4.78, 5) is 2.46. The van der Waals surface area contributed by atoms with Crippen LogP contribution in [0.3, 0.4) is 0 Å². The van der Waals surface area contributed by atoms with Crippen LogP contribution in [-0.4, -0.2) is 38.1 Å². The Morgan fingerprint density at radius 3 is 1.92 bits per heavy atom. The maximum absolute atomic E-state index is 3.50. The van der Waals surface area contributed by atoms with E-state index in [1.54, 1.807) is 0 Å². The summed E-state index contributed by atoms with van der Waals surface area (Å²) < 4.78 is 0. The number of halogens is 1. The highest BCUT2D eigenvalue weighted by atomic mass is 35.5. The third kappa shape index (κ3) is 1.17. The Hall–Kier alpha value is 0.210. The molecule has 72 valence electrons. The summed E-state index contributed by atoms with van der Waals surface area (Å²) in [6, 6.07) is 0. The third-order valence-corrected chi connectivity index (χ3v) is 3.73. The first kappa shape index (κ1) is 10.3. The summed E-state index contributed by atoms with van der Waals surface area (Å²) in [5.74, 6) is 0. The van der Waals surface area contributed by atoms with Crippen molar-refractivity contribution in [1.29, 1.82) is 0 Å². The average Bonchev–Trinajstić information content (AvgIpc) is 2.16. The Morgan fingerprint density at radius 2 is 1.50 bits per heavy atom. The van der Waals surface area contributed by atoms with Crippen molar-refractivity contribution in [2.24, 2.45) is 10.8 Å². The van der Waals surface area contributed by atoms with Gasteiger partial charge >= 0.3 is 0 Å². The van der Waals surface area contributed by atoms with Crippen molar-refractivity contribution < 1.29 is 0 Å². The quantitative estimate of drug-likeness (QED) is 0.613. The number of rotatable bonds is 0. The van der Waals surface area contributed by atoms with Crippen molar-refractivity contribution in [2.75, 3.05) is 33.2 Å². The summed E-state index contributed by atoms with van der Waals surface area (Å²) in [5, 5.41) is 3.50. The number of likely N-dealkylation sites (tertiary alicyclic amines) is 1. The number of fused-ring (bicyclic) bond motifs is 1. The summed E-state index contributed by atoms with van der Waals surface area (Å²) >= 11 is 0. The minimum Gasteiger partial charge on any atom is -0.316 e. The Balaban J connectivity index is 0.000000720. The van der Waals surface area contributed by atoms with Gasteiger partial charge in [-0.1, -0.05) is 13.8 Å². The number of nitrogens with one attached hydrogen (secondary N) is 1. The number of nitrogens with zero attached hydrogens (tertiary/aromatic N) is 1. The number of hydrogen-bond donors (Lipinski definition) is 1. The third-order valence-electron chi connectivity index (χ3n) is 3.73. The second-order valence-electron chi connectivity index (χ2n) is 4.90. The molecule has 0 unspecified atom stereocenters. The molecule has 12 heavy (non-hydrogen) atoms. The van der Waals surface area contributed by atoms with Gasteiger partial charge in [-0.05, 0) is 7.05 Å². The van der Waals surface area contributed by atoms with Gasteiger partial charge in [-0.3, -0.25) is 0 Å². The SMILES string of the molecule is CN1C[C@]2(C)CNC[C@]2(C)C1.Cl. The predicted octanol–water partition coefficient (Wildman–Crippen LogP) is 0.969. The van der Waals surface area contributed by atoms with E-state index in [0.29, 0.717) is 10.8 Å². The first-order valence-electron chi connectivity index (χ1n) is 4.45. The summed E-state index contributed by atoms with van der Waals surface area (Å²) in [6.45, 7) is 9.75. The highest BCUT2D eigenvalue weighted by molar-refractivity contribution is 5.85. The van der Waals surface area contributed by atoms with E-state index in [0.717, 1.165) is 0 Å². The largest absolute Gasteiger partial charge is 0.316 e. The van der Waals surface area contributed by atoms with E-state index in [1.807, 2.05) is 0 Å². The van der Waals surface area contributed by atoms with Crippen LogP contribution in [0.1, 0.15) is 13.8 Å². The fourth-order valence-corrected chi connectivity index (χ4v) is 2.78. The minimum atomic E-state index is 0. The van der Waals surface area contributed by atoms with E-state index in [9.17, 15) is 0 Å². The molecule has 0 aromatic carbocycles. The highest BCUT2D eigenvalue weighted by Crippen LogP contribution is 2.47. The van der Waals surface area contributed by atoms with Gasteiger partial charge in [0.2, 0.25) is 0 Å². The van der Waals surface area contributed by atoms with Crippen molar-refractivity contribution in [1.82, 2.24) is 10.2 Å². The van der Waals surface area contributed by atoms with Crippen LogP contribution in [0.15, 0.2) is 0 Å². The first-order valence-corrected chi connectivity index (χ1v) is 4.45. The maximum Gasteiger partial charge on any atom is 0.00509 e. The minimum absolute atomic E-state index is 0. The van der Waals surface area contributed by atoms with E-state index in [4.69, 9.17) is 0 Å². The number of hydrogen-bond acceptors (Lipinski definition) is 2. The smallest absolute Gasteiger partial charge is 0.00509 e. The molecule has 2 aliphatic heterocycles. The van der Waals surface area contributed by atoms with Gasteiger partial charge < -0.3 is 10.2 Å². The van der Waals surface area contributed by atoms with Crippen molar-refractivity contribution in [3.05, 3.63) is 0 Å². The van der Waals surface area contributed by atoms with E-state index < -0.39 is 0 Å². The van der Waals surface area contributed by atoms with Crippen LogP contribution in [0.2, 0.25) is 0 Å². The van der Waals surface area contributed by atoms with Crippen LogP contribution in [-0.2, 0) is 0 Å². The van der Waals surface area contributed by atoms with Gasteiger partial charge in [-0.15, -0.1) is 12.4 Å². The molecule has 2 saturated heterocycles. The zero-order valence-corrected chi connectivity index (χ0v) is 9.00. The standard InChI is InChI=1S/C9H18N2.ClH/c1-8-4-10-5-9(8,2)7-11(3)6-8;/h10H,4-7H2,1-3H3;1H/t8-,9+;. The van der Waals surface area contributed by atoms with Crippen LogP contribution in [0.4, 0.5) is 0 Å². The van der Waals surface area contributed by atoms with E-state index in [-0.39, 0.29) is 12.4 Å². The van der Waals surface area contributed by atoms with Crippen LogP contribution in [0.5, 0.6) is 0 Å². The summed E-state index contributed by atoms with van der Waals surface area (Å²) in [6.07, 6.45) is 0. The topological polar surface area (TPSA) is 15.3 Å². The molecule has 2 fully saturated rings. The second kappa shape index (κ2) is 2.86. The Labute approximate surface area is 81.1 Å². The predicted molar refractivity (Wildman–Crippen MR) is 53.8 cm³/mol. The molecular formula is C9H19ClN2. The van der Waals surface area contributed by atoms with Gasteiger partial charge in [-0.2, -0.15) is 0 Å². The zero-order valence-electron chi connectivity index (χ0n) is 8.18. The van der Waals surface area contributed by atoms with Gasteiger partial charge in [0.25, 0.3) is 0 Å². The molecule has 0 amide bonds. The molecule has 0 saturated carbocycles. The molecule has 0 aliphatic carbocycles. The normalized spacial score (nSPS) is 47.2. The molecule has 2 atom stereocenters. The molecule has 0 radical (unpaired) electrons. The summed E-state index contributed by atoms with van der Waals surface area (Å²) in [5.41, 5.74) is 1.06. The molecule has 0 aromatic heterocycles. The van der Waals surface area contributed by atoms with Crippen molar-refractivity contribution in [3.63, 3.8) is 0 Å². The van der Waals surface area contributed by atoms with E-state index >= 15 is 0 Å². The lowest BCUT2D eigenvalue weighted by Crippen LogP contribution is -2.34. The zero-order chi connectivity index (χ0) is 8.11. The Bertz CT molecular complexity index is 167. The lowest BCUT2D eigenvalue weighted by atomic mass is 9.71. The maximum atomic E-state index is 3.50. The van der Waals surface area contributed by atoms with Gasteiger partial charge in [0.15, 0.2) is 0 Å². The molecule has 1 N–H and O–H groups in total. The van der Waals surface area contributed by atoms with Crippen LogP contribution in [0.25, 0.3) is 0 Å². The molecule has 0 bridgehead atoms. The van der Waals surface area contributed by atoms with Crippen molar-refractivity contribution >= 4 is 12.4 Å². The highest BCUT2D eigenvalue weighted by Gasteiger charge is 2.53. The van der Waals surface area contributed by atoms with Gasteiger partial charge in [0, 0.05) is 37.0 Å². The summed E-state index contributed by atoms with van der Waals surface area (Å²) in [7, 11) is 2.23. The van der Waals surface area contributed by atoms with Gasteiger partial charge in [-0.25, -0.2) is 0 Å². The van der Waals surface area contributed by atoms with Gasteiger partial charge in [0.05, 0.1) is 0 Å². The first-order chi connectivity index (χ1) is 5.06. The fourth-order valence-electron chi connectivity index (χ4n) is 2.78. The Morgan fingerprint density at radius 1 is 1.08 bits per heavy atom. The average molecular weight is 191 g/mol. The lowest BCUT2D eigenvalue weighted by Gasteiger charge is -2.31. The molecule has 2 rings (SSSR count). The Kier molecular flexibility index (Phi) is 2.45. The molecule has 2 nitrogen and oxygen atoms in total. The van der Waals surface area contributed by atoms with Crippen LogP contribution < -0.4 is 5.32 Å². The molecule has 0 spiro atoms. The monoisotopic (exact) mass is 190 g/mol. The lowest BCUT2D eigenvalue weighted by molar-refractivity contribution is 0.212. The van der Waals surface area contributed by atoms with Crippen LogP contribution in [0, 0.1) is 10.8 Å². The fraction of sp³-hybridized carbons (Fsp3) is 1.00. The van der Waals surface area contributed by atoms with Crippen molar-refractivity contribution in [2.45, 2.75) is 13.8 Å². The van der Waals surface area contributed by atoms with E-state index in [2.05, 4.69) is 31.1 Å². The van der Waals surface area contributed by atoms with Crippen LogP contribution >= 0.6 is 12.4 Å². The molecule has 3 heteroatoms. The molecule has 2 aliphatic rings. The molecule has 0 aromatic rings. The van der Waals surface area contributed by atoms with Crippen molar-refractivity contribution in [3.8, 4) is 0 Å².